The van der Waals surface area contributed by atoms with Crippen molar-refractivity contribution in [2.75, 3.05) is 0 Å². The van der Waals surface area contributed by atoms with Crippen molar-refractivity contribution < 1.29 is 43.6 Å². The lowest BCUT2D eigenvalue weighted by Crippen LogP contribution is -2.16. The van der Waals surface area contributed by atoms with Gasteiger partial charge in [-0.1, -0.05) is 146 Å². The molecule has 0 saturated carbocycles. The number of rotatable bonds is 2. The van der Waals surface area contributed by atoms with Gasteiger partial charge in [0.15, 0.2) is 0 Å². The van der Waals surface area contributed by atoms with Crippen LogP contribution in [0.5, 0.6) is 23.0 Å². The van der Waals surface area contributed by atoms with Gasteiger partial charge in [-0.2, -0.15) is 0 Å². The topological polar surface area (TPSA) is 136 Å². The van der Waals surface area contributed by atoms with Crippen LogP contribution in [-0.4, -0.2) is 58.3 Å². The maximum Gasteiger partial charge on any atom is 0.310 e. The van der Waals surface area contributed by atoms with E-state index in [4.69, 9.17) is 39.0 Å². The van der Waals surface area contributed by atoms with Crippen molar-refractivity contribution in [2.45, 2.75) is 86.6 Å². The quantitative estimate of drug-likeness (QED) is 0.0661. The van der Waals surface area contributed by atoms with Gasteiger partial charge in [0.25, 0.3) is 0 Å². The van der Waals surface area contributed by atoms with Crippen molar-refractivity contribution in [1.82, 2.24) is 0 Å². The largest absolute Gasteiger partial charge is 0.508 e. The first-order valence-electron chi connectivity index (χ1n) is 19.8. The molecule has 16 heteroatoms. The molecule has 0 unspecified atom stereocenters. The Morgan fingerprint density at radius 3 is 1.00 bits per heavy atom. The normalized spacial score (nSPS) is 9.64. The summed E-state index contributed by atoms with van der Waals surface area (Å²) >= 11 is 13.0. The molecule has 0 atom stereocenters. The molecule has 67 heavy (non-hydrogen) atoms. The summed E-state index contributed by atoms with van der Waals surface area (Å²) in [7, 11) is -4.01. The number of aromatic hydroxyl groups is 2. The molecule has 0 amide bonds. The van der Waals surface area contributed by atoms with Crippen LogP contribution in [0, 0.1) is 59.6 Å². The summed E-state index contributed by atoms with van der Waals surface area (Å²) in [6.45, 7) is 24.7. The first-order valence-corrected chi connectivity index (χ1v) is 33.5. The van der Waals surface area contributed by atoms with Gasteiger partial charge < -0.3 is 24.4 Å². The number of ether oxygens (including phenoxy) is 3. The van der Waals surface area contributed by atoms with Gasteiger partial charge in [0, 0.05) is 67.8 Å². The predicted octanol–water partition coefficient (Wildman–Crippen LogP) is 13.1. The number of phenols is 2. The van der Waals surface area contributed by atoms with Gasteiger partial charge >= 0.3 is 23.9 Å². The molecular formula is C51H56Br4O9Si3. The van der Waals surface area contributed by atoms with Crippen LogP contribution in [0.4, 0.5) is 0 Å². The zero-order chi connectivity index (χ0) is 52.3. The fourth-order valence-corrected chi connectivity index (χ4v) is 7.32. The van der Waals surface area contributed by atoms with Crippen molar-refractivity contribution >= 4 is 112 Å². The Balaban J connectivity index is 0. The molecule has 0 fully saturated rings. The number of esters is 4. The second kappa shape index (κ2) is 31.8. The highest BCUT2D eigenvalue weighted by Crippen LogP contribution is 2.25. The van der Waals surface area contributed by atoms with Gasteiger partial charge in [-0.15, -0.1) is 35.9 Å². The van der Waals surface area contributed by atoms with Crippen LogP contribution in [-0.2, 0) is 23.9 Å². The van der Waals surface area contributed by atoms with E-state index in [-0.39, 0.29) is 23.4 Å². The number of terminal acetylenes is 3. The Kier molecular flexibility index (Phi) is 30.4. The Morgan fingerprint density at radius 2 is 0.746 bits per heavy atom. The molecule has 354 valence electrons. The van der Waals surface area contributed by atoms with Crippen LogP contribution in [0.25, 0.3) is 0 Å². The first-order chi connectivity index (χ1) is 30.6. The fourth-order valence-electron chi connectivity index (χ4n) is 3.76. The molecule has 4 rings (SSSR count). The summed E-state index contributed by atoms with van der Waals surface area (Å²) in [5.74, 6) is 10.8. The minimum absolute atomic E-state index is 0.105. The lowest BCUT2D eigenvalue weighted by Gasteiger charge is -2.06. The van der Waals surface area contributed by atoms with E-state index in [1.807, 2.05) is 18.2 Å². The van der Waals surface area contributed by atoms with E-state index in [1.54, 1.807) is 42.5 Å². The smallest absolute Gasteiger partial charge is 0.310 e. The molecule has 0 aliphatic carbocycles. The molecule has 0 saturated heterocycles. The molecular weight excluding hydrogens is 1160 g/mol. The predicted molar refractivity (Wildman–Crippen MR) is 293 cm³/mol. The average molecular weight is 1220 g/mol. The number of phenolic OH excluding ortho intramolecular Hbond substituents is 2. The highest BCUT2D eigenvalue weighted by Gasteiger charge is 2.10. The SMILES string of the molecule is C#C[Si](C)(C)C.C#Cc1cc(O)cc(C#C)c1.CC(=O)OC(C)=O.CC(=O)Oc1cc(Br)cc(Br)c1.CC(=O)Oc1cc(C#C[Si](C)(C)C)cc(C#C[Si](C)(C)C)c1.Oc1cc(Br)cc(Br)c1. The van der Waals surface area contributed by atoms with Crippen molar-refractivity contribution in [3.63, 3.8) is 0 Å². The third kappa shape index (κ3) is 38.7. The van der Waals surface area contributed by atoms with E-state index in [9.17, 15) is 19.2 Å². The van der Waals surface area contributed by atoms with E-state index >= 15 is 0 Å². The molecule has 0 radical (unpaired) electrons. The number of carbonyl (C=O) groups is 4. The van der Waals surface area contributed by atoms with Gasteiger partial charge in [-0.3, -0.25) is 19.2 Å². The number of hydrogen-bond acceptors (Lipinski definition) is 9. The van der Waals surface area contributed by atoms with Gasteiger partial charge in [-0.05, 0) is 72.8 Å². The van der Waals surface area contributed by atoms with E-state index < -0.39 is 36.2 Å². The molecule has 0 aliphatic rings. The highest BCUT2D eigenvalue weighted by molar-refractivity contribution is 9.11. The standard InChI is InChI=1S/C18H24O2Si2.C10H6O.C8H6Br2O2.C6H4Br2O.C5H10Si.C4H6O3/c1-15(19)20-18-13-16(8-10-21(2,3)4)12-17(14-18)9-11-22(5,6)7;1-3-8-5-9(4-2)7-10(11)6-8;1-5(11)12-8-3-6(9)2-7(10)4-8;7-4-1-5(8)3-6(9)2-4;1-5-6(2,3)4;1-3(5)7-4(2)6/h12-14H,1-7H3;1-2,5-7,11H;2-4H,1H3;1-3,9H;1H,2-4H3;1-2H3. The fraction of sp³-hybridized carbons (Fsp3) is 0.255. The Morgan fingerprint density at radius 1 is 0.448 bits per heavy atom. The summed E-state index contributed by atoms with van der Waals surface area (Å²) in [6.07, 6.45) is 15.3. The zero-order valence-electron chi connectivity index (χ0n) is 39.9. The first kappa shape index (κ1) is 64.0. The highest BCUT2D eigenvalue weighted by atomic mass is 79.9. The number of hydrogen-bond donors (Lipinski definition) is 2. The van der Waals surface area contributed by atoms with Crippen LogP contribution < -0.4 is 9.47 Å². The van der Waals surface area contributed by atoms with Gasteiger partial charge in [0.2, 0.25) is 0 Å². The van der Waals surface area contributed by atoms with Crippen LogP contribution in [0.15, 0.2) is 90.7 Å². The van der Waals surface area contributed by atoms with Crippen LogP contribution >= 0.6 is 63.7 Å². The zero-order valence-corrected chi connectivity index (χ0v) is 49.3. The average Bonchev–Trinajstić information content (AvgIpc) is 3.14. The Bertz CT molecular complexity index is 2430. The molecule has 2 N–H and O–H groups in total. The van der Waals surface area contributed by atoms with Crippen molar-refractivity contribution in [2.24, 2.45) is 0 Å². The minimum Gasteiger partial charge on any atom is -0.508 e. The van der Waals surface area contributed by atoms with Gasteiger partial charge in [-0.25, -0.2) is 0 Å². The molecule has 4 aromatic carbocycles. The second-order valence-corrected chi connectivity index (χ2v) is 34.7. The molecule has 0 aromatic heterocycles. The summed E-state index contributed by atoms with van der Waals surface area (Å²) in [5.41, 5.74) is 12.3. The molecule has 0 bridgehead atoms. The summed E-state index contributed by atoms with van der Waals surface area (Å²) in [4.78, 5) is 41.4. The van der Waals surface area contributed by atoms with Crippen molar-refractivity contribution in [3.8, 4) is 82.6 Å². The molecule has 0 aliphatic heterocycles. The third-order valence-corrected chi connectivity index (χ3v) is 10.7. The Hall–Kier alpha value is -5.07. The number of carbonyl (C=O) groups excluding carboxylic acids is 4. The maximum absolute atomic E-state index is 11.2. The summed E-state index contributed by atoms with van der Waals surface area (Å²) in [6, 6.07) is 20.7. The van der Waals surface area contributed by atoms with Gasteiger partial charge in [0.05, 0.1) is 0 Å². The van der Waals surface area contributed by atoms with Crippen molar-refractivity contribution in [3.05, 3.63) is 113 Å². The molecule has 4 aromatic rings. The minimum atomic E-state index is -1.45. The monoisotopic (exact) mass is 1210 g/mol. The van der Waals surface area contributed by atoms with Crippen LogP contribution in [0.2, 0.25) is 58.9 Å². The molecule has 9 nitrogen and oxygen atoms in total. The summed E-state index contributed by atoms with van der Waals surface area (Å²) in [5, 5.41) is 18.0. The third-order valence-electron chi connectivity index (χ3n) is 6.25. The Labute approximate surface area is 434 Å². The van der Waals surface area contributed by atoms with Crippen molar-refractivity contribution in [1.29, 1.82) is 0 Å². The van der Waals surface area contributed by atoms with E-state index in [1.165, 1.54) is 39.8 Å². The lowest BCUT2D eigenvalue weighted by atomic mass is 10.1. The molecule has 0 heterocycles. The van der Waals surface area contributed by atoms with Crippen LogP contribution in [0.3, 0.4) is 0 Å². The van der Waals surface area contributed by atoms with Crippen LogP contribution in [0.1, 0.15) is 49.9 Å². The maximum atomic E-state index is 11.2. The number of benzene rings is 4. The number of halogens is 4. The molecule has 0 spiro atoms. The van der Waals surface area contributed by atoms with E-state index in [0.29, 0.717) is 22.6 Å². The lowest BCUT2D eigenvalue weighted by molar-refractivity contribution is -0.156. The van der Waals surface area contributed by atoms with E-state index in [2.05, 4.69) is 168 Å². The van der Waals surface area contributed by atoms with Gasteiger partial charge in [0.1, 0.15) is 47.2 Å². The second-order valence-electron chi connectivity index (χ2n) is 16.7. The summed E-state index contributed by atoms with van der Waals surface area (Å²) < 4.78 is 17.5. The van der Waals surface area contributed by atoms with E-state index in [0.717, 1.165) is 29.0 Å².